The van der Waals surface area contributed by atoms with Crippen LogP contribution < -0.4 is 0 Å². The molecule has 0 saturated carbocycles. The molecule has 1 amide bonds. The average Bonchev–Trinajstić information content (AvgIpc) is 4.04. The third-order valence-corrected chi connectivity index (χ3v) is 16.0. The third-order valence-electron chi connectivity index (χ3n) is 16.0. The second-order valence-electron chi connectivity index (χ2n) is 22.5. The van der Waals surface area contributed by atoms with E-state index in [1.165, 1.54) is 53.7 Å². The number of rotatable bonds is 17. The maximum atomic E-state index is 15.0. The molecule has 0 radical (unpaired) electrons. The van der Waals surface area contributed by atoms with Crippen LogP contribution in [0.2, 0.25) is 0 Å². The van der Waals surface area contributed by atoms with Gasteiger partial charge in [-0.1, -0.05) is 105 Å². The lowest BCUT2D eigenvalue weighted by Gasteiger charge is -2.49. The second kappa shape index (κ2) is 27.7. The number of hydrogen-bond acceptors (Lipinski definition) is 21. The van der Waals surface area contributed by atoms with Crippen molar-refractivity contribution in [1.29, 1.82) is 0 Å². The molecule has 0 N–H and O–H groups in total. The molecule has 454 valence electrons. The number of cyclic esters (lactones) is 2. The molecule has 83 heavy (non-hydrogen) atoms. The zero-order chi connectivity index (χ0) is 60.4. The first-order valence-corrected chi connectivity index (χ1v) is 28.1. The number of methoxy groups -OCH3 is 1. The van der Waals surface area contributed by atoms with Crippen molar-refractivity contribution < 1.29 is 99.9 Å². The summed E-state index contributed by atoms with van der Waals surface area (Å²) in [5, 5.41) is 0. The maximum Gasteiger partial charge on any atom is 0.509 e. The number of likely N-dealkylation sites (N-methyl/N-ethyl adjacent to an activating group) is 1. The van der Waals surface area contributed by atoms with Gasteiger partial charge in [0.1, 0.15) is 49.0 Å². The zero-order valence-corrected chi connectivity index (χ0v) is 49.2. The van der Waals surface area contributed by atoms with Gasteiger partial charge in [0.2, 0.25) is 0 Å². The van der Waals surface area contributed by atoms with E-state index in [-0.39, 0.29) is 39.1 Å². The first kappa shape index (κ1) is 63.7. The first-order chi connectivity index (χ1) is 39.4. The molecule has 0 aliphatic carbocycles. The van der Waals surface area contributed by atoms with Gasteiger partial charge in [-0.15, -0.1) is 0 Å². The van der Waals surface area contributed by atoms with Gasteiger partial charge in [-0.25, -0.2) is 19.2 Å². The highest BCUT2D eigenvalue weighted by Gasteiger charge is 2.61. The Kier molecular flexibility index (Phi) is 21.3. The van der Waals surface area contributed by atoms with Crippen molar-refractivity contribution in [3.8, 4) is 0 Å². The van der Waals surface area contributed by atoms with Gasteiger partial charge in [-0.05, 0) is 84.9 Å². The predicted molar refractivity (Wildman–Crippen MR) is 291 cm³/mol. The summed E-state index contributed by atoms with van der Waals surface area (Å²) in [6.07, 6.45) is -17.2. The van der Waals surface area contributed by atoms with Gasteiger partial charge in [0.05, 0.1) is 36.2 Å². The Morgan fingerprint density at radius 1 is 0.663 bits per heavy atom. The van der Waals surface area contributed by atoms with Crippen LogP contribution >= 0.6 is 0 Å². The van der Waals surface area contributed by atoms with Crippen LogP contribution in [0.15, 0.2) is 91.0 Å². The molecule has 4 saturated heterocycles. The van der Waals surface area contributed by atoms with E-state index in [0.717, 1.165) is 5.56 Å². The van der Waals surface area contributed by atoms with Crippen molar-refractivity contribution in [2.75, 3.05) is 14.2 Å². The summed E-state index contributed by atoms with van der Waals surface area (Å²) in [4.78, 5) is 99.4. The quantitative estimate of drug-likeness (QED) is 0.0901. The fourth-order valence-electron chi connectivity index (χ4n) is 11.6. The lowest BCUT2D eigenvalue weighted by molar-refractivity contribution is -0.318. The summed E-state index contributed by atoms with van der Waals surface area (Å²) in [6, 6.07) is 25.9. The fraction of sp³-hybridized carbons (Fsp3) is 0.590. The minimum Gasteiger partial charge on any atom is -0.458 e. The van der Waals surface area contributed by atoms with Crippen molar-refractivity contribution in [2.24, 2.45) is 17.8 Å². The molecule has 7 rings (SSSR count). The Morgan fingerprint density at radius 3 is 1.76 bits per heavy atom. The molecule has 4 aliphatic heterocycles. The van der Waals surface area contributed by atoms with E-state index >= 15 is 4.79 Å². The highest BCUT2D eigenvalue weighted by atomic mass is 16.8. The monoisotopic (exact) mass is 1160 g/mol. The van der Waals surface area contributed by atoms with Crippen LogP contribution in [0.25, 0.3) is 0 Å². The predicted octanol–water partition coefficient (Wildman–Crippen LogP) is 9.33. The van der Waals surface area contributed by atoms with Crippen LogP contribution in [0.3, 0.4) is 0 Å². The summed E-state index contributed by atoms with van der Waals surface area (Å²) < 4.78 is 86.4. The number of fused-ring (bicyclic) bond motifs is 1. The topological polar surface area (TPSA) is 252 Å². The number of hydrogen-bond donors (Lipinski definition) is 0. The minimum atomic E-state index is -2.04. The molecular formula is C61H79NO21. The molecule has 3 aromatic carbocycles. The van der Waals surface area contributed by atoms with Gasteiger partial charge >= 0.3 is 36.5 Å². The molecule has 4 aliphatic rings. The number of Topliss-reactive ketones (excluding diaryl/α,β-unsaturated/α-hetero) is 1. The Labute approximate surface area is 484 Å². The zero-order valence-electron chi connectivity index (χ0n) is 49.2. The van der Waals surface area contributed by atoms with Gasteiger partial charge in [-0.2, -0.15) is 0 Å². The van der Waals surface area contributed by atoms with Gasteiger partial charge in [0.15, 0.2) is 36.5 Å². The number of carbonyl (C=O) groups excluding carboxylic acids is 7. The highest BCUT2D eigenvalue weighted by molar-refractivity contribution is 5.79. The number of amides is 1. The van der Waals surface area contributed by atoms with Crippen LogP contribution in [0.5, 0.6) is 0 Å². The van der Waals surface area contributed by atoms with Crippen LogP contribution in [0.1, 0.15) is 112 Å². The largest absolute Gasteiger partial charge is 0.509 e. The van der Waals surface area contributed by atoms with Crippen molar-refractivity contribution in [1.82, 2.24) is 4.90 Å². The van der Waals surface area contributed by atoms with Crippen LogP contribution in [0, 0.1) is 17.8 Å². The van der Waals surface area contributed by atoms with Gasteiger partial charge < -0.3 is 71.2 Å². The average molecular weight is 1160 g/mol. The Hall–Kier alpha value is -6.85. The number of benzene rings is 3. The Bertz CT molecular complexity index is 2700. The van der Waals surface area contributed by atoms with Crippen molar-refractivity contribution in [2.45, 2.75) is 199 Å². The molecule has 0 spiro atoms. The SMILES string of the molecule is CC[C@@H]1OC(=O)[C@H](C)[C@@H](O[C@H]2C[C@@](C)(OC)[C@@H](OC(=O)OCc3ccccc3)[C@H](C)O2)[C@H](C)[C@@H](O[C@@H]2O[C@H](C)C[C@H](N(C)C(=O)OCc3ccccc3)[C@H]2OC(=O)OCc2ccccc2)[C@@](C)(CC(C)=O)OC(=O)[C@@H](C)[C@H]2OC(=O)O[C@]12C. The molecule has 4 heterocycles. The lowest BCUT2D eigenvalue weighted by atomic mass is 9.79. The van der Waals surface area contributed by atoms with E-state index in [1.807, 2.05) is 24.3 Å². The van der Waals surface area contributed by atoms with Crippen molar-refractivity contribution in [3.05, 3.63) is 108 Å². The Morgan fingerprint density at radius 2 is 1.22 bits per heavy atom. The molecule has 0 bridgehead atoms. The van der Waals surface area contributed by atoms with Gasteiger partial charge in [0.25, 0.3) is 0 Å². The normalized spacial score (nSPS) is 33.8. The summed E-state index contributed by atoms with van der Waals surface area (Å²) in [5.41, 5.74) is -3.00. The summed E-state index contributed by atoms with van der Waals surface area (Å²) in [7, 11) is 2.90. The fourth-order valence-corrected chi connectivity index (χ4v) is 11.6. The van der Waals surface area contributed by atoms with Crippen LogP contribution in [-0.2, 0) is 101 Å². The lowest BCUT2D eigenvalue weighted by Crippen LogP contribution is -2.62. The number of ether oxygens (including phenoxy) is 14. The number of carbonyl (C=O) groups is 7. The standard InChI is InChI=1S/C61H79NO21/c1-13-45-61(10)50(80-58(69)83-61)39(6)53(65)82-60(9,30-35(2)63)49(37(4)47(38(5)52(64)76-45)77-46-31-59(8,70-12)51(40(7)75-46)81-57(68)73-34-43-27-21-16-22-28-43)79-54-48(78-56(67)72-33-42-25-19-15-20-26-42)44(29-36(3)74-54)62(11)55(66)71-32-41-23-17-14-18-24-41/h14-28,36-40,44-51,54H,13,29-34H2,1-12H3/t36-,37+,38-,39+,40+,44+,45+,46+,47+,48-,49-,50-,51+,54+,59-,60-,61-/m1/s1. The van der Waals surface area contributed by atoms with E-state index in [9.17, 15) is 28.8 Å². The summed E-state index contributed by atoms with van der Waals surface area (Å²) >= 11 is 0. The van der Waals surface area contributed by atoms with Crippen LogP contribution in [0.4, 0.5) is 19.2 Å². The number of ketones is 1. The van der Waals surface area contributed by atoms with Gasteiger partial charge in [-0.3, -0.25) is 14.4 Å². The van der Waals surface area contributed by atoms with E-state index in [0.29, 0.717) is 11.1 Å². The highest BCUT2D eigenvalue weighted by Crippen LogP contribution is 2.44. The third kappa shape index (κ3) is 15.5. The molecule has 0 aromatic heterocycles. The molecule has 17 atom stereocenters. The van der Waals surface area contributed by atoms with E-state index in [2.05, 4.69) is 0 Å². The molecule has 22 heteroatoms. The smallest absolute Gasteiger partial charge is 0.458 e. The number of nitrogens with zero attached hydrogens (tertiary/aromatic N) is 1. The van der Waals surface area contributed by atoms with Gasteiger partial charge in [0, 0.05) is 32.9 Å². The maximum absolute atomic E-state index is 15.0. The van der Waals surface area contributed by atoms with Crippen molar-refractivity contribution >= 4 is 42.3 Å². The Balaban J connectivity index is 1.30. The van der Waals surface area contributed by atoms with Crippen LogP contribution in [-0.4, -0.2) is 146 Å². The molecule has 3 aromatic rings. The molecule has 0 unspecified atom stereocenters. The van der Waals surface area contributed by atoms with E-state index < -0.39 is 151 Å². The molecule has 22 nitrogen and oxygen atoms in total. The minimum absolute atomic E-state index is 0.0620. The molecular weight excluding hydrogens is 1080 g/mol. The van der Waals surface area contributed by atoms with E-state index in [1.54, 1.807) is 101 Å². The molecule has 4 fully saturated rings. The van der Waals surface area contributed by atoms with Crippen molar-refractivity contribution in [3.63, 3.8) is 0 Å². The first-order valence-electron chi connectivity index (χ1n) is 28.1. The summed E-state index contributed by atoms with van der Waals surface area (Å²) in [6.45, 7) is 15.3. The van der Waals surface area contributed by atoms with E-state index in [4.69, 9.17) is 66.3 Å². The summed E-state index contributed by atoms with van der Waals surface area (Å²) in [5.74, 6) is -6.07. The number of esters is 2. The second-order valence-corrected chi connectivity index (χ2v) is 22.5.